The number of carbonyl (C=O) groups excluding carboxylic acids is 2. The van der Waals surface area contributed by atoms with Crippen LogP contribution in [0.3, 0.4) is 0 Å². The number of fused-ring (bicyclic) bond motifs is 4. The standard InChI is InChI=1S/C30H28Cl2F2N8O2/c1-17-3-2-4-25(22-11-19(7-9-35-22)29-23(37-30(17)44)14-36-42(29)16-27(33)34)40-10-8-18(12-28(40)43)21-13-20(31)5-6-24(21)41-15-26(32)38-39-41/h5-7,9,11-15,17,25,27H,2-4,8,10,16H2,1H3,(H,37,44)/t17-,25+/m1/s1. The Morgan fingerprint density at radius 2 is 1.98 bits per heavy atom. The van der Waals surface area contributed by atoms with Gasteiger partial charge >= 0.3 is 0 Å². The topological polar surface area (TPSA) is 111 Å². The average molecular weight is 642 g/mol. The highest BCUT2D eigenvalue weighted by Crippen LogP contribution is 2.37. The van der Waals surface area contributed by atoms with E-state index >= 15 is 0 Å². The molecule has 2 atom stereocenters. The largest absolute Gasteiger partial charge is 0.330 e. The second kappa shape index (κ2) is 12.4. The zero-order valence-corrected chi connectivity index (χ0v) is 25.1. The average Bonchev–Trinajstić information content (AvgIpc) is 3.60. The van der Waals surface area contributed by atoms with Crippen LogP contribution in [0, 0.1) is 5.92 Å². The maximum atomic E-state index is 13.8. The van der Waals surface area contributed by atoms with E-state index < -0.39 is 19.0 Å². The van der Waals surface area contributed by atoms with Gasteiger partial charge < -0.3 is 10.2 Å². The van der Waals surface area contributed by atoms with Crippen LogP contribution in [0.15, 0.2) is 55.0 Å². The number of benzene rings is 1. The first-order valence-corrected chi connectivity index (χ1v) is 14.9. The van der Waals surface area contributed by atoms with E-state index in [9.17, 15) is 18.4 Å². The van der Waals surface area contributed by atoms with Crippen LogP contribution in [0.4, 0.5) is 14.5 Å². The zero-order chi connectivity index (χ0) is 31.0. The van der Waals surface area contributed by atoms with Crippen molar-refractivity contribution in [3.63, 3.8) is 0 Å². The fraction of sp³-hybridized carbons (Fsp3) is 0.333. The number of rotatable bonds is 5. The Bertz CT molecular complexity index is 1750. The van der Waals surface area contributed by atoms with Gasteiger partial charge in [0.25, 0.3) is 6.43 Å². The molecule has 2 bridgehead atoms. The fourth-order valence-electron chi connectivity index (χ4n) is 5.80. The lowest BCUT2D eigenvalue weighted by Gasteiger charge is -2.34. The maximum Gasteiger partial charge on any atom is 0.257 e. The number of hydrogen-bond donors (Lipinski definition) is 1. The highest BCUT2D eigenvalue weighted by atomic mass is 35.5. The molecule has 5 heterocycles. The molecule has 1 aromatic carbocycles. The molecule has 0 spiro atoms. The first-order valence-electron chi connectivity index (χ1n) is 14.2. The van der Waals surface area contributed by atoms with Gasteiger partial charge in [0.1, 0.15) is 6.54 Å². The number of carbonyl (C=O) groups is 2. The van der Waals surface area contributed by atoms with Crippen LogP contribution in [-0.4, -0.2) is 59.4 Å². The second-order valence-corrected chi connectivity index (χ2v) is 11.7. The molecule has 3 aromatic heterocycles. The highest BCUT2D eigenvalue weighted by molar-refractivity contribution is 6.31. The van der Waals surface area contributed by atoms with Crippen LogP contribution in [0.5, 0.6) is 0 Å². The van der Waals surface area contributed by atoms with Crippen molar-refractivity contribution >= 4 is 46.3 Å². The fourth-order valence-corrected chi connectivity index (χ4v) is 6.10. The van der Waals surface area contributed by atoms with Gasteiger partial charge in [0.05, 0.1) is 41.2 Å². The number of aromatic nitrogens is 6. The van der Waals surface area contributed by atoms with E-state index in [-0.39, 0.29) is 22.9 Å². The Hall–Kier alpha value is -4.16. The molecular formula is C30H28Cl2F2N8O2. The molecule has 0 aliphatic carbocycles. The van der Waals surface area contributed by atoms with E-state index in [1.54, 1.807) is 53.7 Å². The predicted octanol–water partition coefficient (Wildman–Crippen LogP) is 6.21. The van der Waals surface area contributed by atoms with Crippen LogP contribution in [0.2, 0.25) is 10.2 Å². The molecular weight excluding hydrogens is 613 g/mol. The third-order valence-corrected chi connectivity index (χ3v) is 8.37. The van der Waals surface area contributed by atoms with E-state index in [0.29, 0.717) is 65.6 Å². The van der Waals surface area contributed by atoms with Crippen molar-refractivity contribution in [1.29, 1.82) is 0 Å². The lowest BCUT2D eigenvalue weighted by Crippen LogP contribution is -2.38. The molecule has 2 aliphatic rings. The number of hydrogen-bond acceptors (Lipinski definition) is 6. The summed E-state index contributed by atoms with van der Waals surface area (Å²) in [6, 6.07) is 8.40. The van der Waals surface area contributed by atoms with Crippen LogP contribution in [0.1, 0.15) is 49.9 Å². The highest BCUT2D eigenvalue weighted by Gasteiger charge is 2.31. The van der Waals surface area contributed by atoms with E-state index in [1.807, 2.05) is 6.92 Å². The lowest BCUT2D eigenvalue weighted by atomic mass is 9.93. The van der Waals surface area contributed by atoms with E-state index in [1.165, 1.54) is 15.6 Å². The molecule has 0 radical (unpaired) electrons. The van der Waals surface area contributed by atoms with Crippen LogP contribution >= 0.6 is 23.2 Å². The van der Waals surface area contributed by atoms with E-state index in [4.69, 9.17) is 23.2 Å². The minimum atomic E-state index is -2.64. The van der Waals surface area contributed by atoms with E-state index in [0.717, 1.165) is 11.1 Å². The molecule has 0 saturated heterocycles. The summed E-state index contributed by atoms with van der Waals surface area (Å²) in [7, 11) is 0. The Kier molecular flexibility index (Phi) is 8.46. The molecule has 10 nitrogen and oxygen atoms in total. The van der Waals surface area contributed by atoms with Gasteiger partial charge in [-0.15, -0.1) is 5.10 Å². The third kappa shape index (κ3) is 6.09. The van der Waals surface area contributed by atoms with Crippen molar-refractivity contribution in [3.8, 4) is 16.9 Å². The van der Waals surface area contributed by atoms with Gasteiger partial charge in [-0.3, -0.25) is 19.3 Å². The molecule has 44 heavy (non-hydrogen) atoms. The van der Waals surface area contributed by atoms with Gasteiger partial charge in [-0.1, -0.05) is 41.8 Å². The van der Waals surface area contributed by atoms with Gasteiger partial charge in [0, 0.05) is 40.9 Å². The number of anilines is 1. The van der Waals surface area contributed by atoms with Crippen LogP contribution in [-0.2, 0) is 16.1 Å². The summed E-state index contributed by atoms with van der Waals surface area (Å²) in [6.07, 6.45) is 5.84. The number of pyridine rings is 1. The minimum absolute atomic E-state index is 0.202. The predicted molar refractivity (Wildman–Crippen MR) is 162 cm³/mol. The van der Waals surface area contributed by atoms with Gasteiger partial charge in [-0.2, -0.15) is 5.10 Å². The second-order valence-electron chi connectivity index (χ2n) is 10.9. The summed E-state index contributed by atoms with van der Waals surface area (Å²) in [6.45, 7) is 1.59. The Labute approximate surface area is 261 Å². The summed E-state index contributed by atoms with van der Waals surface area (Å²) in [4.78, 5) is 33.2. The lowest BCUT2D eigenvalue weighted by molar-refractivity contribution is -0.129. The molecule has 4 aromatic rings. The molecule has 0 unspecified atom stereocenters. The maximum absolute atomic E-state index is 13.8. The molecule has 0 saturated carbocycles. The van der Waals surface area contributed by atoms with E-state index in [2.05, 4.69) is 25.7 Å². The molecule has 0 fully saturated rings. The van der Waals surface area contributed by atoms with Gasteiger partial charge in [0.15, 0.2) is 5.15 Å². The Morgan fingerprint density at radius 3 is 2.73 bits per heavy atom. The summed E-state index contributed by atoms with van der Waals surface area (Å²) in [5, 5.41) is 15.7. The van der Waals surface area contributed by atoms with Gasteiger partial charge in [-0.25, -0.2) is 13.5 Å². The van der Waals surface area contributed by atoms with Crippen molar-refractivity contribution in [2.24, 2.45) is 5.92 Å². The normalized spacial score (nSPS) is 19.2. The van der Waals surface area contributed by atoms with Gasteiger partial charge in [-0.05, 0) is 55.2 Å². The van der Waals surface area contributed by atoms with Crippen molar-refractivity contribution in [2.45, 2.75) is 51.6 Å². The monoisotopic (exact) mass is 640 g/mol. The van der Waals surface area contributed by atoms with Gasteiger partial charge in [0.2, 0.25) is 11.8 Å². The number of halogens is 4. The first kappa shape index (κ1) is 29.9. The number of alkyl halides is 2. The van der Waals surface area contributed by atoms with Crippen molar-refractivity contribution in [1.82, 2.24) is 34.7 Å². The van der Waals surface area contributed by atoms with Crippen LogP contribution in [0.25, 0.3) is 22.5 Å². The van der Waals surface area contributed by atoms with Crippen molar-refractivity contribution in [2.75, 3.05) is 11.9 Å². The molecule has 6 rings (SSSR count). The van der Waals surface area contributed by atoms with Crippen molar-refractivity contribution in [3.05, 3.63) is 76.4 Å². The van der Waals surface area contributed by atoms with Crippen molar-refractivity contribution < 1.29 is 18.4 Å². The third-order valence-electron chi connectivity index (χ3n) is 7.96. The SMILES string of the molecule is C[C@@H]1CCC[C@H](N2CCC(c3cc(Cl)ccc3-n3cc(Cl)nn3)=CC2=O)c2cc(ccn2)-c2c(cnn2CC(F)F)NC1=O. The minimum Gasteiger partial charge on any atom is -0.330 e. The number of nitrogens with one attached hydrogen (secondary N) is 1. The molecule has 1 N–H and O–H groups in total. The molecule has 2 amide bonds. The molecule has 2 aliphatic heterocycles. The quantitative estimate of drug-likeness (QED) is 0.277. The zero-order valence-electron chi connectivity index (χ0n) is 23.6. The molecule has 228 valence electrons. The van der Waals surface area contributed by atoms with Crippen LogP contribution < -0.4 is 5.32 Å². The Balaban J connectivity index is 1.37. The summed E-state index contributed by atoms with van der Waals surface area (Å²) < 4.78 is 29.6. The Morgan fingerprint density at radius 1 is 1.14 bits per heavy atom. The number of nitrogens with zero attached hydrogens (tertiary/aromatic N) is 7. The summed E-state index contributed by atoms with van der Waals surface area (Å²) in [5.41, 5.74) is 4.12. The summed E-state index contributed by atoms with van der Waals surface area (Å²) >= 11 is 12.4. The summed E-state index contributed by atoms with van der Waals surface area (Å²) in [5.74, 6) is -0.767. The smallest absolute Gasteiger partial charge is 0.257 e. The number of amides is 2. The first-order chi connectivity index (χ1) is 21.2. The molecule has 14 heteroatoms.